The van der Waals surface area contributed by atoms with Gasteiger partial charge < -0.3 is 15.1 Å². The summed E-state index contributed by atoms with van der Waals surface area (Å²) in [5.41, 5.74) is 18.0. The number of nitrogens with one attached hydrogen (secondary N) is 2. The Balaban J connectivity index is 0.000000184. The Morgan fingerprint density at radius 3 is 1.59 bits per heavy atom. The van der Waals surface area contributed by atoms with Gasteiger partial charge in [-0.2, -0.15) is 0 Å². The molecule has 2 aliphatic rings. The summed E-state index contributed by atoms with van der Waals surface area (Å²) >= 11 is 20.6. The van der Waals surface area contributed by atoms with E-state index in [-0.39, 0.29) is 16.2 Å². The number of H-pyrrole nitrogens is 2. The van der Waals surface area contributed by atoms with Gasteiger partial charge in [-0.15, -0.1) is 0 Å². The van der Waals surface area contributed by atoms with Gasteiger partial charge in [0.25, 0.3) is 5.97 Å². The summed E-state index contributed by atoms with van der Waals surface area (Å²) in [6, 6.07) is 43.2. The summed E-state index contributed by atoms with van der Waals surface area (Å²) in [6.45, 7) is 21.1. The van der Waals surface area contributed by atoms with Crippen molar-refractivity contribution in [3.05, 3.63) is 188 Å². The molecule has 3 heterocycles. The van der Waals surface area contributed by atoms with Crippen molar-refractivity contribution in [2.45, 2.75) is 97.8 Å². The number of imide groups is 2. The molecule has 3 N–H and O–H groups in total. The summed E-state index contributed by atoms with van der Waals surface area (Å²) in [5, 5.41) is 12.7. The Hall–Kier alpha value is -7.17. The van der Waals surface area contributed by atoms with E-state index >= 15 is 0 Å². The van der Waals surface area contributed by atoms with Crippen LogP contribution in [-0.2, 0) is 37.0 Å². The number of fused-ring (bicyclic) bond motifs is 7. The maximum Gasteiger partial charge on any atom is 0.332 e. The summed E-state index contributed by atoms with van der Waals surface area (Å²) in [6.07, 6.45) is 2.68. The number of carboxylic acids is 1. The second kappa shape index (κ2) is 20.9. The molecule has 2 aromatic heterocycles. The number of carboxylic acid groups (broad SMARTS) is 1. The van der Waals surface area contributed by atoms with Crippen molar-refractivity contribution in [2.75, 3.05) is 14.1 Å². The van der Waals surface area contributed by atoms with Crippen molar-refractivity contribution >= 4 is 91.3 Å². The predicted octanol–water partition coefficient (Wildman–Crippen LogP) is 17.1. The summed E-state index contributed by atoms with van der Waals surface area (Å²) < 4.78 is 0. The van der Waals surface area contributed by atoms with E-state index in [9.17, 15) is 14.4 Å². The number of nitrogens with zero attached hydrogens (tertiary/aromatic N) is 2. The van der Waals surface area contributed by atoms with E-state index in [1.54, 1.807) is 6.07 Å². The molecule has 4 amide bonds. The first-order valence-corrected chi connectivity index (χ1v) is 27.2. The average Bonchev–Trinajstić information content (AvgIpc) is 4.28. The monoisotopic (exact) mass is 1100 g/mol. The number of carbonyl (C=O) groups excluding carboxylic acids is 3. The zero-order chi connectivity index (χ0) is 56.5. The molecule has 1 fully saturated rings. The van der Waals surface area contributed by atoms with Gasteiger partial charge in [0, 0.05) is 92.1 Å². The van der Waals surface area contributed by atoms with Crippen molar-refractivity contribution in [3.8, 4) is 33.4 Å². The maximum atomic E-state index is 13.3. The van der Waals surface area contributed by atoms with Crippen LogP contribution in [0.3, 0.4) is 0 Å². The predicted molar refractivity (Wildman–Crippen MR) is 320 cm³/mol. The van der Waals surface area contributed by atoms with Gasteiger partial charge in [0.2, 0.25) is 11.8 Å². The highest BCUT2D eigenvalue weighted by Crippen LogP contribution is 2.55. The zero-order valence-corrected chi connectivity index (χ0v) is 48.4. The minimum absolute atomic E-state index is 0.0181. The molecule has 11 rings (SSSR count). The number of amides is 4. The standard InChI is InChI=1S/C39H35Cl2N.C25H26ClN3O3.C2H4O2/c1-38(2,3)23-16-15-22-19-29-33(25-11-7-9-13-30(25)40)36-28-21-24(39(4,5)6)17-18-32(28)42-37(36)35(34(29)27(22)20-23)26-12-8-10-14-31(26)41;1-25(2,3)14-10-11-19-16(12-14)17(13-27-19)20(15-8-6-7-9-18(15)26)21-22(30)28(4)24(32)29(5)23(21)31;1-2(3)4/h7-18,20-21,42H,19H2,1-6H3;6-13,20-21,27H,1-5H3;1H3,(H,3,4). The van der Waals surface area contributed by atoms with Crippen LogP contribution in [-0.4, -0.2) is 62.8 Å². The lowest BCUT2D eigenvalue weighted by atomic mass is 9.77. The van der Waals surface area contributed by atoms with Gasteiger partial charge in [0.15, 0.2) is 0 Å². The molecule has 0 spiro atoms. The first-order chi connectivity index (χ1) is 36.7. The molecular formula is C66H65Cl3N4O5. The molecule has 12 heteroatoms. The SMILES string of the molecule is CC(=O)O.CC(C)(C)c1ccc2c(c1)-c1c(c(-c3ccccc3Cl)c3c([nH]c4ccc(C(C)(C)C)cc43)c1-c1ccccc1Cl)C2.CN1C(=O)C(C(c2ccccc2Cl)c2c[nH]c3ccc(C(C)(C)C)cc23)C(=O)N(C)C1=O. The molecule has 0 bridgehead atoms. The van der Waals surface area contributed by atoms with Gasteiger partial charge >= 0.3 is 6.03 Å². The lowest BCUT2D eigenvalue weighted by Crippen LogP contribution is -2.58. The van der Waals surface area contributed by atoms with Crippen LogP contribution in [0.5, 0.6) is 0 Å². The number of aromatic nitrogens is 2. The van der Waals surface area contributed by atoms with E-state index in [1.807, 2.05) is 54.7 Å². The Kier molecular flexibility index (Phi) is 14.9. The third-order valence-corrected chi connectivity index (χ3v) is 16.2. The molecule has 1 saturated heterocycles. The Morgan fingerprint density at radius 1 is 0.577 bits per heavy atom. The fourth-order valence-corrected chi connectivity index (χ4v) is 11.7. The van der Waals surface area contributed by atoms with Crippen molar-refractivity contribution in [1.29, 1.82) is 0 Å². The van der Waals surface area contributed by atoms with Gasteiger partial charge in [-0.1, -0.05) is 182 Å². The molecule has 400 valence electrons. The molecule has 7 aromatic carbocycles. The van der Waals surface area contributed by atoms with Crippen molar-refractivity contribution in [2.24, 2.45) is 5.92 Å². The Labute approximate surface area is 471 Å². The van der Waals surface area contributed by atoms with Gasteiger partial charge in [0.05, 0.1) is 5.52 Å². The quantitative estimate of drug-likeness (QED) is 0.148. The van der Waals surface area contributed by atoms with Crippen molar-refractivity contribution < 1.29 is 24.3 Å². The summed E-state index contributed by atoms with van der Waals surface area (Å²) in [5.74, 6) is -3.68. The topological polar surface area (TPSA) is 127 Å². The van der Waals surface area contributed by atoms with Gasteiger partial charge in [-0.25, -0.2) is 4.79 Å². The Morgan fingerprint density at radius 2 is 1.05 bits per heavy atom. The van der Waals surface area contributed by atoms with Crippen LogP contribution < -0.4 is 0 Å². The average molecular weight is 1100 g/mol. The van der Waals surface area contributed by atoms with Crippen LogP contribution in [0.2, 0.25) is 15.1 Å². The highest BCUT2D eigenvalue weighted by atomic mass is 35.5. The molecule has 1 atom stereocenters. The number of barbiturate groups is 1. The first kappa shape index (κ1) is 55.6. The minimum atomic E-state index is -1.11. The molecule has 0 saturated carbocycles. The van der Waals surface area contributed by atoms with Gasteiger partial charge in [0.1, 0.15) is 5.92 Å². The zero-order valence-electron chi connectivity index (χ0n) is 46.2. The molecule has 1 unspecified atom stereocenters. The smallest absolute Gasteiger partial charge is 0.332 e. The second-order valence-corrected chi connectivity index (χ2v) is 24.8. The van der Waals surface area contributed by atoms with E-state index in [0.29, 0.717) is 10.6 Å². The minimum Gasteiger partial charge on any atom is -0.481 e. The second-order valence-electron chi connectivity index (χ2n) is 23.6. The summed E-state index contributed by atoms with van der Waals surface area (Å²) in [7, 11) is 2.80. The van der Waals surface area contributed by atoms with Crippen LogP contribution >= 0.6 is 34.8 Å². The molecule has 1 aliphatic carbocycles. The van der Waals surface area contributed by atoms with Crippen molar-refractivity contribution in [3.63, 3.8) is 0 Å². The van der Waals surface area contributed by atoms with Crippen molar-refractivity contribution in [1.82, 2.24) is 19.8 Å². The van der Waals surface area contributed by atoms with Crippen LogP contribution in [0.1, 0.15) is 114 Å². The fourth-order valence-electron chi connectivity index (χ4n) is 11.0. The number of aliphatic carboxylic acids is 1. The molecule has 9 nitrogen and oxygen atoms in total. The lowest BCUT2D eigenvalue weighted by molar-refractivity contribution is -0.148. The van der Waals surface area contributed by atoms with E-state index < -0.39 is 35.7 Å². The number of urea groups is 1. The van der Waals surface area contributed by atoms with Gasteiger partial charge in [-0.3, -0.25) is 24.2 Å². The number of rotatable bonds is 5. The molecule has 0 radical (unpaired) electrons. The van der Waals surface area contributed by atoms with Crippen LogP contribution in [0, 0.1) is 5.92 Å². The highest BCUT2D eigenvalue weighted by molar-refractivity contribution is 6.36. The molecular weight excluding hydrogens is 1040 g/mol. The number of hydrogen-bond donors (Lipinski definition) is 3. The number of hydrogen-bond acceptors (Lipinski definition) is 4. The fraction of sp³-hybridized carbons (Fsp3) is 0.273. The maximum absolute atomic E-state index is 13.3. The molecule has 1 aliphatic heterocycles. The highest BCUT2D eigenvalue weighted by Gasteiger charge is 2.48. The third kappa shape index (κ3) is 10.2. The third-order valence-electron chi connectivity index (χ3n) is 15.2. The van der Waals surface area contributed by atoms with E-state index in [0.717, 1.165) is 77.4 Å². The molecule has 9 aromatic rings. The van der Waals surface area contributed by atoms with Crippen LogP contribution in [0.4, 0.5) is 4.79 Å². The number of carbonyl (C=O) groups is 4. The number of halogens is 3. The number of benzene rings is 7. The lowest BCUT2D eigenvalue weighted by Gasteiger charge is -2.37. The van der Waals surface area contributed by atoms with Crippen LogP contribution in [0.15, 0.2) is 134 Å². The van der Waals surface area contributed by atoms with Gasteiger partial charge in [-0.05, 0) is 121 Å². The van der Waals surface area contributed by atoms with E-state index in [4.69, 9.17) is 44.7 Å². The largest absolute Gasteiger partial charge is 0.481 e. The normalized spacial score (nSPS) is 14.3. The number of aromatic amines is 2. The first-order valence-electron chi connectivity index (χ1n) is 26.1. The van der Waals surface area contributed by atoms with Crippen LogP contribution in [0.25, 0.3) is 66.1 Å². The van der Waals surface area contributed by atoms with E-state index in [1.165, 1.54) is 69.4 Å². The summed E-state index contributed by atoms with van der Waals surface area (Å²) in [4.78, 5) is 57.1. The molecule has 78 heavy (non-hydrogen) atoms. The van der Waals surface area contributed by atoms with E-state index in [2.05, 4.69) is 145 Å². The Bertz CT molecular complexity index is 3860.